The average molecular weight is 426 g/mol. The molecule has 31 heavy (non-hydrogen) atoms. The monoisotopic (exact) mass is 426 g/mol. The summed E-state index contributed by atoms with van der Waals surface area (Å²) in [5, 5.41) is 2.98. The minimum absolute atomic E-state index is 0.0128. The van der Waals surface area contributed by atoms with Crippen LogP contribution in [0.25, 0.3) is 11.0 Å². The molecule has 1 amide bonds. The molecule has 0 bridgehead atoms. The average Bonchev–Trinajstić information content (AvgIpc) is 2.75. The fraction of sp³-hybridized carbons (Fsp3) is 0.364. The quantitative estimate of drug-likeness (QED) is 0.621. The molecule has 1 N–H and O–H groups in total. The van der Waals surface area contributed by atoms with Gasteiger partial charge < -0.3 is 14.8 Å². The van der Waals surface area contributed by atoms with Gasteiger partial charge in [-0.05, 0) is 42.7 Å². The number of carbonyl (C=O) groups is 1. The van der Waals surface area contributed by atoms with Crippen LogP contribution in [-0.2, 0) is 18.9 Å². The molecule has 164 valence electrons. The maximum Gasteiger partial charge on any atom is 0.332 e. The zero-order valence-corrected chi connectivity index (χ0v) is 18.3. The molecular formula is C22H26N4O5. The Morgan fingerprint density at radius 1 is 1.06 bits per heavy atom. The normalized spacial score (nSPS) is 11.0. The first-order valence-electron chi connectivity index (χ1n) is 9.98. The molecule has 0 fully saturated rings. The summed E-state index contributed by atoms with van der Waals surface area (Å²) in [7, 11) is 2.93. The van der Waals surface area contributed by atoms with Gasteiger partial charge in [0.05, 0.1) is 12.3 Å². The number of nitrogens with zero attached hydrogens (tertiary/aromatic N) is 3. The summed E-state index contributed by atoms with van der Waals surface area (Å²) in [6.45, 7) is 6.07. The second kappa shape index (κ2) is 9.03. The van der Waals surface area contributed by atoms with Gasteiger partial charge >= 0.3 is 5.69 Å². The Hall–Kier alpha value is -3.62. The number of nitrogens with one attached hydrogen (secondary N) is 1. The van der Waals surface area contributed by atoms with E-state index in [1.54, 1.807) is 30.5 Å². The Morgan fingerprint density at radius 2 is 1.68 bits per heavy atom. The van der Waals surface area contributed by atoms with Gasteiger partial charge in [-0.1, -0.05) is 13.8 Å². The number of fused-ring (bicyclic) bond motifs is 1. The molecule has 9 nitrogen and oxygen atoms in total. The predicted molar refractivity (Wildman–Crippen MR) is 118 cm³/mol. The van der Waals surface area contributed by atoms with Gasteiger partial charge in [0.25, 0.3) is 11.5 Å². The van der Waals surface area contributed by atoms with Crippen molar-refractivity contribution < 1.29 is 14.3 Å². The summed E-state index contributed by atoms with van der Waals surface area (Å²) in [4.78, 5) is 42.1. The van der Waals surface area contributed by atoms with Crippen LogP contribution < -0.4 is 26.0 Å². The highest BCUT2D eigenvalue weighted by Gasteiger charge is 2.20. The van der Waals surface area contributed by atoms with Crippen molar-refractivity contribution in [3.8, 4) is 11.5 Å². The molecule has 0 aliphatic rings. The van der Waals surface area contributed by atoms with E-state index in [2.05, 4.69) is 10.3 Å². The fourth-order valence-electron chi connectivity index (χ4n) is 3.24. The van der Waals surface area contributed by atoms with Gasteiger partial charge in [0, 0.05) is 20.3 Å². The number of rotatable bonds is 7. The molecule has 3 aromatic rings. The lowest BCUT2D eigenvalue weighted by Gasteiger charge is -2.17. The molecule has 1 aromatic carbocycles. The van der Waals surface area contributed by atoms with Gasteiger partial charge in [-0.2, -0.15) is 0 Å². The van der Waals surface area contributed by atoms with Gasteiger partial charge in [0.2, 0.25) is 0 Å². The van der Waals surface area contributed by atoms with Crippen molar-refractivity contribution in [2.24, 2.45) is 14.1 Å². The third kappa shape index (κ3) is 4.45. The van der Waals surface area contributed by atoms with Crippen LogP contribution in [0.5, 0.6) is 11.5 Å². The Kier molecular flexibility index (Phi) is 6.43. The van der Waals surface area contributed by atoms with Crippen LogP contribution in [-0.4, -0.2) is 33.2 Å². The van der Waals surface area contributed by atoms with E-state index in [0.717, 1.165) is 4.57 Å². The van der Waals surface area contributed by atoms with Crippen LogP contribution in [0.2, 0.25) is 0 Å². The first-order chi connectivity index (χ1) is 14.7. The van der Waals surface area contributed by atoms with E-state index in [-0.39, 0.29) is 23.6 Å². The highest BCUT2D eigenvalue weighted by molar-refractivity contribution is 6.01. The molecule has 0 atom stereocenters. The number of aromatic nitrogens is 3. The minimum Gasteiger partial charge on any atom is -0.494 e. The Balaban J connectivity index is 1.92. The number of hydrogen-bond donors (Lipinski definition) is 1. The first kappa shape index (κ1) is 22.1. The van der Waals surface area contributed by atoms with E-state index in [0.29, 0.717) is 29.4 Å². The Morgan fingerprint density at radius 3 is 2.26 bits per heavy atom. The van der Waals surface area contributed by atoms with Crippen LogP contribution in [0.4, 0.5) is 5.69 Å². The predicted octanol–water partition coefficient (Wildman–Crippen LogP) is 2.17. The largest absolute Gasteiger partial charge is 0.494 e. The van der Waals surface area contributed by atoms with Crippen molar-refractivity contribution in [3.63, 3.8) is 0 Å². The van der Waals surface area contributed by atoms with Crippen LogP contribution in [0.15, 0.2) is 40.1 Å². The number of amides is 1. The van der Waals surface area contributed by atoms with Gasteiger partial charge in [0.15, 0.2) is 12.3 Å². The SMILES string of the molecule is CCOc1ccc(OCC(=O)Nc2c(C(C)C)cnc3c2c(=O)n(C)c(=O)n3C)cc1. The highest BCUT2D eigenvalue weighted by Crippen LogP contribution is 2.28. The molecule has 0 aliphatic heterocycles. The molecule has 0 saturated heterocycles. The number of ether oxygens (including phenoxy) is 2. The van der Waals surface area contributed by atoms with Crippen molar-refractivity contribution in [1.82, 2.24) is 14.1 Å². The van der Waals surface area contributed by atoms with E-state index in [1.165, 1.54) is 18.7 Å². The third-order valence-electron chi connectivity index (χ3n) is 4.89. The van der Waals surface area contributed by atoms with E-state index in [9.17, 15) is 14.4 Å². The summed E-state index contributed by atoms with van der Waals surface area (Å²) in [5.74, 6) is 0.784. The van der Waals surface area contributed by atoms with E-state index in [1.807, 2.05) is 20.8 Å². The number of hydrogen-bond acceptors (Lipinski definition) is 6. The molecule has 3 rings (SSSR count). The van der Waals surface area contributed by atoms with Crippen LogP contribution in [0.3, 0.4) is 0 Å². The second-order valence-electron chi connectivity index (χ2n) is 7.39. The minimum atomic E-state index is -0.518. The highest BCUT2D eigenvalue weighted by atomic mass is 16.5. The summed E-state index contributed by atoms with van der Waals surface area (Å²) in [6.07, 6.45) is 1.58. The van der Waals surface area contributed by atoms with Crippen molar-refractivity contribution in [1.29, 1.82) is 0 Å². The van der Waals surface area contributed by atoms with E-state index < -0.39 is 17.2 Å². The lowest BCUT2D eigenvalue weighted by atomic mass is 10.0. The maximum atomic E-state index is 12.9. The topological polar surface area (TPSA) is 104 Å². The second-order valence-corrected chi connectivity index (χ2v) is 7.39. The van der Waals surface area contributed by atoms with Gasteiger partial charge in [-0.3, -0.25) is 18.7 Å². The number of benzene rings is 1. The fourth-order valence-corrected chi connectivity index (χ4v) is 3.24. The van der Waals surface area contributed by atoms with Crippen molar-refractivity contribution in [2.45, 2.75) is 26.7 Å². The molecule has 0 radical (unpaired) electrons. The lowest BCUT2D eigenvalue weighted by molar-refractivity contribution is -0.118. The van der Waals surface area contributed by atoms with Crippen LogP contribution >= 0.6 is 0 Å². The van der Waals surface area contributed by atoms with Gasteiger partial charge in [-0.15, -0.1) is 0 Å². The molecule has 2 heterocycles. The smallest absolute Gasteiger partial charge is 0.332 e. The molecule has 0 saturated carbocycles. The van der Waals surface area contributed by atoms with Gasteiger partial charge in [-0.25, -0.2) is 9.78 Å². The summed E-state index contributed by atoms with van der Waals surface area (Å²) < 4.78 is 13.2. The molecule has 9 heteroatoms. The number of anilines is 1. The standard InChI is InChI=1S/C22H26N4O5/c1-6-30-14-7-9-15(10-8-14)31-12-17(27)24-19-16(13(2)3)11-23-20-18(19)21(28)26(5)22(29)25(20)4/h7-11,13H,6,12H2,1-5H3,(H,23,24,27). The molecule has 0 aliphatic carbocycles. The number of aryl methyl sites for hydroxylation is 1. The van der Waals surface area contributed by atoms with Crippen molar-refractivity contribution in [3.05, 3.63) is 56.9 Å². The summed E-state index contributed by atoms with van der Waals surface area (Å²) >= 11 is 0. The molecule has 2 aromatic heterocycles. The first-order valence-corrected chi connectivity index (χ1v) is 9.98. The van der Waals surface area contributed by atoms with E-state index >= 15 is 0 Å². The Bertz CT molecular complexity index is 1230. The van der Waals surface area contributed by atoms with Crippen LogP contribution in [0.1, 0.15) is 32.3 Å². The van der Waals surface area contributed by atoms with Gasteiger partial charge in [0.1, 0.15) is 16.9 Å². The summed E-state index contributed by atoms with van der Waals surface area (Å²) in [5.41, 5.74) is 0.239. The van der Waals surface area contributed by atoms with Crippen molar-refractivity contribution >= 4 is 22.6 Å². The molecule has 0 spiro atoms. The zero-order chi connectivity index (χ0) is 22.7. The molecular weight excluding hydrogens is 400 g/mol. The molecule has 0 unspecified atom stereocenters. The number of pyridine rings is 1. The van der Waals surface area contributed by atoms with Crippen LogP contribution in [0, 0.1) is 0 Å². The van der Waals surface area contributed by atoms with Crippen molar-refractivity contribution in [2.75, 3.05) is 18.5 Å². The maximum absolute atomic E-state index is 12.9. The zero-order valence-electron chi connectivity index (χ0n) is 18.3. The Labute approximate surface area is 179 Å². The lowest BCUT2D eigenvalue weighted by Crippen LogP contribution is -2.38. The number of carbonyl (C=O) groups excluding carboxylic acids is 1. The third-order valence-corrected chi connectivity index (χ3v) is 4.89. The summed E-state index contributed by atoms with van der Waals surface area (Å²) in [6, 6.07) is 6.94. The van der Waals surface area contributed by atoms with E-state index in [4.69, 9.17) is 9.47 Å².